The van der Waals surface area contributed by atoms with Crippen LogP contribution in [-0.2, 0) is 26.4 Å². The lowest BCUT2D eigenvalue weighted by Crippen LogP contribution is -2.26. The van der Waals surface area contributed by atoms with E-state index in [0.29, 0.717) is 0 Å². The van der Waals surface area contributed by atoms with Gasteiger partial charge in [0, 0.05) is 13.6 Å². The molecule has 0 aromatic heterocycles. The Morgan fingerprint density at radius 2 is 1.44 bits per heavy atom. The Labute approximate surface area is 145 Å². The van der Waals surface area contributed by atoms with Crippen molar-refractivity contribution in [2.24, 2.45) is 0 Å². The van der Waals surface area contributed by atoms with Crippen LogP contribution in [0.15, 0.2) is 52.3 Å². The first-order chi connectivity index (χ1) is 11.6. The summed E-state index contributed by atoms with van der Waals surface area (Å²) in [6, 6.07) is 8.03. The van der Waals surface area contributed by atoms with E-state index >= 15 is 0 Å². The van der Waals surface area contributed by atoms with Gasteiger partial charge >= 0.3 is 0 Å². The summed E-state index contributed by atoms with van der Waals surface area (Å²) in [6.07, 6.45) is 0. The zero-order valence-corrected chi connectivity index (χ0v) is 15.2. The maximum Gasteiger partial charge on any atom is 0.243 e. The number of nitrogens with zero attached hydrogens (tertiary/aromatic N) is 1. The average Bonchev–Trinajstić information content (AvgIpc) is 2.58. The molecule has 0 saturated heterocycles. The van der Waals surface area contributed by atoms with Crippen molar-refractivity contribution in [3.05, 3.63) is 59.7 Å². The molecule has 0 amide bonds. The molecule has 0 N–H and O–H groups in total. The molecular formula is C16H17F2NO4S2. The first-order valence-corrected chi connectivity index (χ1v) is 10.4. The molecular weight excluding hydrogens is 372 g/mol. The SMILES string of the molecule is CCS(=O)(=O)c1ccc(S(=O)(=O)N(C)Cc2ccc(F)c(F)c2)cc1. The van der Waals surface area contributed by atoms with E-state index in [4.69, 9.17) is 0 Å². The van der Waals surface area contributed by atoms with Crippen molar-refractivity contribution in [1.82, 2.24) is 4.31 Å². The molecule has 2 rings (SSSR count). The molecule has 0 bridgehead atoms. The molecule has 0 aliphatic carbocycles. The van der Waals surface area contributed by atoms with Crippen LogP contribution >= 0.6 is 0 Å². The first-order valence-electron chi connectivity index (χ1n) is 7.31. The van der Waals surface area contributed by atoms with E-state index in [1.165, 1.54) is 44.3 Å². The summed E-state index contributed by atoms with van der Waals surface area (Å²) < 4.78 is 75.8. The third-order valence-corrected chi connectivity index (χ3v) is 7.23. The quantitative estimate of drug-likeness (QED) is 0.761. The van der Waals surface area contributed by atoms with Crippen molar-refractivity contribution in [2.45, 2.75) is 23.3 Å². The van der Waals surface area contributed by atoms with Gasteiger partial charge < -0.3 is 0 Å². The highest BCUT2D eigenvalue weighted by atomic mass is 32.2. The minimum Gasteiger partial charge on any atom is -0.224 e. The van der Waals surface area contributed by atoms with Crippen LogP contribution in [0.2, 0.25) is 0 Å². The van der Waals surface area contributed by atoms with Crippen molar-refractivity contribution in [3.63, 3.8) is 0 Å². The third kappa shape index (κ3) is 4.23. The topological polar surface area (TPSA) is 71.5 Å². The largest absolute Gasteiger partial charge is 0.243 e. The minimum absolute atomic E-state index is 0.0391. The molecule has 2 aromatic carbocycles. The number of halogens is 2. The molecule has 0 spiro atoms. The summed E-state index contributed by atoms with van der Waals surface area (Å²) in [5.74, 6) is -2.16. The Kier molecular flexibility index (Phi) is 5.60. The molecule has 0 saturated carbocycles. The first kappa shape index (κ1) is 19.5. The van der Waals surface area contributed by atoms with Crippen LogP contribution in [-0.4, -0.2) is 33.9 Å². The van der Waals surface area contributed by atoms with Crippen LogP contribution in [0.5, 0.6) is 0 Å². The van der Waals surface area contributed by atoms with Crippen molar-refractivity contribution < 1.29 is 25.6 Å². The fraction of sp³-hybridized carbons (Fsp3) is 0.250. The van der Waals surface area contributed by atoms with E-state index in [0.717, 1.165) is 16.4 Å². The fourth-order valence-corrected chi connectivity index (χ4v) is 4.19. The molecule has 0 aliphatic rings. The molecule has 5 nitrogen and oxygen atoms in total. The van der Waals surface area contributed by atoms with Gasteiger partial charge in [0.15, 0.2) is 21.5 Å². The van der Waals surface area contributed by atoms with Crippen molar-refractivity contribution in [2.75, 3.05) is 12.8 Å². The highest BCUT2D eigenvalue weighted by Gasteiger charge is 2.22. The maximum atomic E-state index is 13.2. The Balaban J connectivity index is 2.26. The number of hydrogen-bond acceptors (Lipinski definition) is 4. The van der Waals surface area contributed by atoms with Gasteiger partial charge in [-0.3, -0.25) is 0 Å². The Bertz CT molecular complexity index is 972. The van der Waals surface area contributed by atoms with E-state index in [2.05, 4.69) is 0 Å². The second-order valence-corrected chi connectivity index (χ2v) is 9.71. The number of sulfonamides is 1. The van der Waals surface area contributed by atoms with Gasteiger partial charge in [-0.2, -0.15) is 4.31 Å². The highest BCUT2D eigenvalue weighted by molar-refractivity contribution is 7.91. The van der Waals surface area contributed by atoms with E-state index in [1.54, 1.807) is 0 Å². The molecule has 0 radical (unpaired) electrons. The van der Waals surface area contributed by atoms with Crippen molar-refractivity contribution >= 4 is 19.9 Å². The van der Waals surface area contributed by atoms with Crippen LogP contribution in [0.3, 0.4) is 0 Å². The zero-order chi connectivity index (χ0) is 18.8. The molecule has 136 valence electrons. The van der Waals surface area contributed by atoms with Gasteiger partial charge in [0.1, 0.15) is 0 Å². The molecule has 9 heteroatoms. The molecule has 0 unspecified atom stereocenters. The van der Waals surface area contributed by atoms with Gasteiger partial charge in [-0.1, -0.05) is 13.0 Å². The molecule has 2 aromatic rings. The van der Waals surface area contributed by atoms with Gasteiger partial charge in [0.25, 0.3) is 0 Å². The van der Waals surface area contributed by atoms with Crippen LogP contribution < -0.4 is 0 Å². The Hall–Kier alpha value is -1.84. The van der Waals surface area contributed by atoms with Crippen LogP contribution in [0.4, 0.5) is 8.78 Å². The normalized spacial score (nSPS) is 12.5. The summed E-state index contributed by atoms with van der Waals surface area (Å²) in [7, 11) is -6.03. The highest BCUT2D eigenvalue weighted by Crippen LogP contribution is 2.20. The van der Waals surface area contributed by atoms with Gasteiger partial charge in [0.2, 0.25) is 10.0 Å². The second kappa shape index (κ2) is 7.19. The molecule has 0 heterocycles. The standard InChI is InChI=1S/C16H17F2NO4S2/c1-3-24(20,21)13-5-7-14(8-6-13)25(22,23)19(2)11-12-4-9-15(17)16(18)10-12/h4-10H,3,11H2,1-2H3. The predicted octanol–water partition coefficient (Wildman–Crippen LogP) is 2.58. The van der Waals surface area contributed by atoms with E-state index in [9.17, 15) is 25.6 Å². The Morgan fingerprint density at radius 1 is 0.880 bits per heavy atom. The predicted molar refractivity (Wildman–Crippen MR) is 89.2 cm³/mol. The minimum atomic E-state index is -3.91. The number of benzene rings is 2. The Morgan fingerprint density at radius 3 is 1.96 bits per heavy atom. The summed E-state index contributed by atoms with van der Waals surface area (Å²) in [5, 5.41) is 0. The average molecular weight is 389 g/mol. The molecule has 0 fully saturated rings. The van der Waals surface area contributed by atoms with E-state index in [-0.39, 0.29) is 27.7 Å². The third-order valence-electron chi connectivity index (χ3n) is 3.66. The lowest BCUT2D eigenvalue weighted by atomic mass is 10.2. The fourth-order valence-electron chi connectivity index (χ4n) is 2.15. The van der Waals surface area contributed by atoms with Crippen LogP contribution in [0.25, 0.3) is 0 Å². The van der Waals surface area contributed by atoms with Crippen LogP contribution in [0, 0.1) is 11.6 Å². The number of rotatable bonds is 6. The van der Waals surface area contributed by atoms with Crippen molar-refractivity contribution in [1.29, 1.82) is 0 Å². The summed E-state index contributed by atoms with van der Waals surface area (Å²) in [4.78, 5) is -0.0511. The van der Waals surface area contributed by atoms with Crippen LogP contribution in [0.1, 0.15) is 12.5 Å². The van der Waals surface area contributed by atoms with E-state index in [1.807, 2.05) is 0 Å². The zero-order valence-electron chi connectivity index (χ0n) is 13.6. The lowest BCUT2D eigenvalue weighted by Gasteiger charge is -2.17. The summed E-state index contributed by atoms with van der Waals surface area (Å²) >= 11 is 0. The smallest absolute Gasteiger partial charge is 0.224 e. The van der Waals surface area contributed by atoms with Crippen molar-refractivity contribution in [3.8, 4) is 0 Å². The summed E-state index contributed by atoms with van der Waals surface area (Å²) in [6.45, 7) is 1.34. The summed E-state index contributed by atoms with van der Waals surface area (Å²) in [5.41, 5.74) is 0.287. The molecule has 25 heavy (non-hydrogen) atoms. The second-order valence-electron chi connectivity index (χ2n) is 5.38. The lowest BCUT2D eigenvalue weighted by molar-refractivity contribution is 0.461. The maximum absolute atomic E-state index is 13.2. The molecule has 0 atom stereocenters. The van der Waals surface area contributed by atoms with Gasteiger partial charge in [0.05, 0.1) is 15.5 Å². The van der Waals surface area contributed by atoms with E-state index < -0.39 is 31.5 Å². The monoisotopic (exact) mass is 389 g/mol. The molecule has 0 aliphatic heterocycles. The number of hydrogen-bond donors (Lipinski definition) is 0. The van der Waals surface area contributed by atoms with Gasteiger partial charge in [-0.05, 0) is 42.0 Å². The van der Waals surface area contributed by atoms with Gasteiger partial charge in [-0.15, -0.1) is 0 Å². The number of sulfone groups is 1. The van der Waals surface area contributed by atoms with Gasteiger partial charge in [-0.25, -0.2) is 25.6 Å².